The zero-order valence-corrected chi connectivity index (χ0v) is 15.0. The molecule has 5 heteroatoms. The smallest absolute Gasteiger partial charge is 0.410 e. The molecule has 2 bridgehead atoms. The molecule has 4 aliphatic heterocycles. The van der Waals surface area contributed by atoms with E-state index in [1.165, 1.54) is 38.9 Å². The number of piperidine rings is 4. The third kappa shape index (κ3) is 4.60. The molecule has 0 aromatic heterocycles. The number of fused-ring (bicyclic) bond motifs is 3. The quantitative estimate of drug-likeness (QED) is 0.866. The molecule has 4 rings (SSSR count). The van der Waals surface area contributed by atoms with Crippen molar-refractivity contribution in [1.82, 2.24) is 15.1 Å². The van der Waals surface area contributed by atoms with Crippen molar-refractivity contribution in [2.75, 3.05) is 39.3 Å². The minimum Gasteiger partial charge on any atom is -0.444 e. The summed E-state index contributed by atoms with van der Waals surface area (Å²) in [6, 6.07) is 0.661. The van der Waals surface area contributed by atoms with E-state index in [9.17, 15) is 4.79 Å². The highest BCUT2D eigenvalue weighted by Gasteiger charge is 2.34. The van der Waals surface area contributed by atoms with Crippen LogP contribution in [0.15, 0.2) is 0 Å². The molecule has 0 radical (unpaired) electrons. The summed E-state index contributed by atoms with van der Waals surface area (Å²) in [5.41, 5.74) is -0.405. The Morgan fingerprint density at radius 2 is 1.87 bits per heavy atom. The maximum Gasteiger partial charge on any atom is 0.410 e. The lowest BCUT2D eigenvalue weighted by molar-refractivity contribution is 0.0155. The van der Waals surface area contributed by atoms with E-state index in [-0.39, 0.29) is 6.09 Å². The predicted molar refractivity (Wildman–Crippen MR) is 91.5 cm³/mol. The molecule has 2 atom stereocenters. The number of likely N-dealkylation sites (tertiary alicyclic amines) is 1. The van der Waals surface area contributed by atoms with Gasteiger partial charge in [-0.25, -0.2) is 4.79 Å². The third-order valence-electron chi connectivity index (χ3n) is 5.50. The van der Waals surface area contributed by atoms with Crippen LogP contribution in [0.1, 0.15) is 46.5 Å². The van der Waals surface area contributed by atoms with E-state index in [0.29, 0.717) is 12.0 Å². The van der Waals surface area contributed by atoms with Crippen molar-refractivity contribution in [2.24, 2.45) is 11.8 Å². The fraction of sp³-hybridized carbons (Fsp3) is 0.944. The molecular weight excluding hydrogens is 290 g/mol. The first kappa shape index (κ1) is 17.0. The van der Waals surface area contributed by atoms with Crippen LogP contribution in [-0.4, -0.2) is 66.8 Å². The second-order valence-corrected chi connectivity index (χ2v) is 8.59. The third-order valence-corrected chi connectivity index (χ3v) is 5.50. The van der Waals surface area contributed by atoms with Crippen LogP contribution in [-0.2, 0) is 4.74 Å². The summed E-state index contributed by atoms with van der Waals surface area (Å²) in [6.07, 6.45) is 4.86. The van der Waals surface area contributed by atoms with Crippen LogP contribution < -0.4 is 5.32 Å². The Balaban J connectivity index is 1.44. The van der Waals surface area contributed by atoms with E-state index < -0.39 is 5.60 Å². The van der Waals surface area contributed by atoms with Gasteiger partial charge in [0, 0.05) is 25.7 Å². The number of nitrogens with zero attached hydrogens (tertiary/aromatic N) is 2. The Bertz CT molecular complexity index is 413. The number of hydrogen-bond donors (Lipinski definition) is 1. The average molecular weight is 323 g/mol. The number of nitrogens with one attached hydrogen (secondary N) is 1. The van der Waals surface area contributed by atoms with Gasteiger partial charge in [0.05, 0.1) is 0 Å². The van der Waals surface area contributed by atoms with Crippen molar-refractivity contribution >= 4 is 6.09 Å². The SMILES string of the molecule is CC(C)(C)OC(=O)N1CCCC(CNC2CN3CCC2CC3)C1. The highest BCUT2D eigenvalue weighted by molar-refractivity contribution is 5.68. The van der Waals surface area contributed by atoms with E-state index in [0.717, 1.165) is 32.0 Å². The molecule has 5 nitrogen and oxygen atoms in total. The lowest BCUT2D eigenvalue weighted by atomic mass is 9.83. The van der Waals surface area contributed by atoms with Gasteiger partial charge in [-0.3, -0.25) is 0 Å². The molecule has 23 heavy (non-hydrogen) atoms. The van der Waals surface area contributed by atoms with Gasteiger partial charge in [0.25, 0.3) is 0 Å². The highest BCUT2D eigenvalue weighted by atomic mass is 16.6. The number of carbonyl (C=O) groups excluding carboxylic acids is 1. The van der Waals surface area contributed by atoms with Crippen molar-refractivity contribution in [3.05, 3.63) is 0 Å². The van der Waals surface area contributed by atoms with Gasteiger partial charge in [0.2, 0.25) is 0 Å². The zero-order valence-electron chi connectivity index (χ0n) is 15.0. The number of rotatable bonds is 3. The highest BCUT2D eigenvalue weighted by Crippen LogP contribution is 2.28. The summed E-state index contributed by atoms with van der Waals surface area (Å²) < 4.78 is 5.52. The lowest BCUT2D eigenvalue weighted by Crippen LogP contribution is -2.57. The monoisotopic (exact) mass is 323 g/mol. The summed E-state index contributed by atoms with van der Waals surface area (Å²) in [5.74, 6) is 1.43. The number of ether oxygens (including phenoxy) is 1. The molecule has 4 fully saturated rings. The molecule has 1 N–H and O–H groups in total. The van der Waals surface area contributed by atoms with E-state index in [2.05, 4.69) is 10.2 Å². The Morgan fingerprint density at radius 1 is 1.13 bits per heavy atom. The zero-order chi connectivity index (χ0) is 16.4. The van der Waals surface area contributed by atoms with Crippen LogP contribution in [0.3, 0.4) is 0 Å². The normalized spacial score (nSPS) is 34.5. The standard InChI is InChI=1S/C18H33N3O2/c1-18(2,3)23-17(22)21-8-4-5-14(12-21)11-19-16-13-20-9-6-15(16)7-10-20/h14-16,19H,4-13H2,1-3H3. The van der Waals surface area contributed by atoms with Crippen LogP contribution in [0.5, 0.6) is 0 Å². The first-order valence-corrected chi connectivity index (χ1v) is 9.34. The molecule has 0 aromatic rings. The predicted octanol–water partition coefficient (Wildman–Crippen LogP) is 2.32. The molecule has 132 valence electrons. The first-order chi connectivity index (χ1) is 10.9. The first-order valence-electron chi connectivity index (χ1n) is 9.34. The van der Waals surface area contributed by atoms with Gasteiger partial charge < -0.3 is 19.9 Å². The van der Waals surface area contributed by atoms with Crippen LogP contribution in [0.4, 0.5) is 4.79 Å². The van der Waals surface area contributed by atoms with Crippen molar-refractivity contribution in [3.63, 3.8) is 0 Å². The summed E-state index contributed by atoms with van der Waals surface area (Å²) in [5, 5.41) is 3.81. The molecule has 4 saturated heterocycles. The van der Waals surface area contributed by atoms with Crippen LogP contribution >= 0.6 is 0 Å². The summed E-state index contributed by atoms with van der Waals surface area (Å²) >= 11 is 0. The fourth-order valence-corrected chi connectivity index (χ4v) is 4.24. The Kier molecular flexibility index (Phi) is 5.16. The molecule has 0 saturated carbocycles. The largest absolute Gasteiger partial charge is 0.444 e. The molecule has 4 heterocycles. The molecule has 4 aliphatic rings. The molecule has 0 aromatic carbocycles. The van der Waals surface area contributed by atoms with E-state index in [4.69, 9.17) is 4.74 Å². The maximum absolute atomic E-state index is 12.2. The number of hydrogen-bond acceptors (Lipinski definition) is 4. The molecule has 2 unspecified atom stereocenters. The van der Waals surface area contributed by atoms with Crippen LogP contribution in [0.25, 0.3) is 0 Å². The minimum atomic E-state index is -0.405. The van der Waals surface area contributed by atoms with Gasteiger partial charge in [0.15, 0.2) is 0 Å². The molecular formula is C18H33N3O2. The van der Waals surface area contributed by atoms with Gasteiger partial charge in [0.1, 0.15) is 5.60 Å². The topological polar surface area (TPSA) is 44.8 Å². The Labute approximate surface area is 140 Å². The second-order valence-electron chi connectivity index (χ2n) is 8.59. The number of carbonyl (C=O) groups is 1. The van der Waals surface area contributed by atoms with Gasteiger partial charge in [-0.15, -0.1) is 0 Å². The Hall–Kier alpha value is -0.810. The molecule has 1 amide bonds. The average Bonchev–Trinajstić information content (AvgIpc) is 2.53. The van der Waals surface area contributed by atoms with Gasteiger partial charge in [-0.2, -0.15) is 0 Å². The fourth-order valence-electron chi connectivity index (χ4n) is 4.24. The summed E-state index contributed by atoms with van der Waals surface area (Å²) in [6.45, 7) is 12.3. The van der Waals surface area contributed by atoms with E-state index >= 15 is 0 Å². The van der Waals surface area contributed by atoms with Crippen LogP contribution in [0.2, 0.25) is 0 Å². The number of amides is 1. The molecule has 0 spiro atoms. The second kappa shape index (κ2) is 6.98. The summed E-state index contributed by atoms with van der Waals surface area (Å²) in [7, 11) is 0. The summed E-state index contributed by atoms with van der Waals surface area (Å²) in [4.78, 5) is 16.7. The van der Waals surface area contributed by atoms with Crippen molar-refractivity contribution in [3.8, 4) is 0 Å². The maximum atomic E-state index is 12.2. The minimum absolute atomic E-state index is 0.148. The van der Waals surface area contributed by atoms with E-state index in [1.54, 1.807) is 0 Å². The molecule has 0 aliphatic carbocycles. The van der Waals surface area contributed by atoms with Crippen molar-refractivity contribution < 1.29 is 9.53 Å². The van der Waals surface area contributed by atoms with E-state index in [1.807, 2.05) is 25.7 Å². The Morgan fingerprint density at radius 3 is 2.48 bits per heavy atom. The van der Waals surface area contributed by atoms with Crippen molar-refractivity contribution in [2.45, 2.75) is 58.1 Å². The van der Waals surface area contributed by atoms with Crippen LogP contribution in [0, 0.1) is 11.8 Å². The van der Waals surface area contributed by atoms with Gasteiger partial charge in [-0.1, -0.05) is 0 Å². The lowest BCUT2D eigenvalue weighted by Gasteiger charge is -2.45. The van der Waals surface area contributed by atoms with Gasteiger partial charge in [-0.05, 0) is 77.9 Å². The van der Waals surface area contributed by atoms with Gasteiger partial charge >= 0.3 is 6.09 Å². The van der Waals surface area contributed by atoms with Crippen molar-refractivity contribution in [1.29, 1.82) is 0 Å².